The fraction of sp³-hybridized carbons (Fsp3) is 0.455. The molecule has 1 heterocycles. The zero-order chi connectivity index (χ0) is 29.1. The minimum absolute atomic E-state index is 0.0636. The second kappa shape index (κ2) is 14.8. The Hall–Kier alpha value is -3.48. The molecular formula is C33H40F2O5. The van der Waals surface area contributed by atoms with E-state index in [1.54, 1.807) is 12.1 Å². The Bertz CT molecular complexity index is 1360. The van der Waals surface area contributed by atoms with Crippen molar-refractivity contribution in [3.63, 3.8) is 0 Å². The van der Waals surface area contributed by atoms with Gasteiger partial charge in [0.25, 0.3) is 0 Å². The highest BCUT2D eigenvalue weighted by Crippen LogP contribution is 2.29. The number of carbonyl (C=O) groups is 1. The third-order valence-electron chi connectivity index (χ3n) is 6.84. The van der Waals surface area contributed by atoms with Gasteiger partial charge >= 0.3 is 11.6 Å². The smallest absolute Gasteiger partial charge is 0.344 e. The first-order valence-corrected chi connectivity index (χ1v) is 14.2. The molecule has 0 unspecified atom stereocenters. The molecule has 0 amide bonds. The predicted molar refractivity (Wildman–Crippen MR) is 155 cm³/mol. The first kappa shape index (κ1) is 31.1. The maximum atomic E-state index is 14.1. The number of fused-ring (bicyclic) bond motifs is 1. The number of benzene rings is 2. The van der Waals surface area contributed by atoms with Crippen molar-refractivity contribution in [1.82, 2.24) is 0 Å². The van der Waals surface area contributed by atoms with Crippen LogP contribution >= 0.6 is 0 Å². The van der Waals surface area contributed by atoms with E-state index in [2.05, 4.69) is 32.6 Å². The van der Waals surface area contributed by atoms with Gasteiger partial charge < -0.3 is 13.9 Å². The van der Waals surface area contributed by atoms with E-state index in [0.29, 0.717) is 16.9 Å². The minimum Gasteiger partial charge on any atom is -0.493 e. The largest absolute Gasteiger partial charge is 0.493 e. The molecule has 2 aromatic carbocycles. The van der Waals surface area contributed by atoms with Gasteiger partial charge in [0.05, 0.1) is 18.8 Å². The van der Waals surface area contributed by atoms with Crippen LogP contribution in [-0.2, 0) is 22.4 Å². The third-order valence-corrected chi connectivity index (χ3v) is 6.84. The van der Waals surface area contributed by atoms with Gasteiger partial charge in [0.2, 0.25) is 5.92 Å². The van der Waals surface area contributed by atoms with Crippen molar-refractivity contribution >= 4 is 16.9 Å². The summed E-state index contributed by atoms with van der Waals surface area (Å²) in [5.74, 6) is -3.00. The van der Waals surface area contributed by atoms with Crippen molar-refractivity contribution in [2.75, 3.05) is 13.2 Å². The van der Waals surface area contributed by atoms with Gasteiger partial charge in [-0.3, -0.25) is 0 Å². The third kappa shape index (κ3) is 9.04. The molecule has 0 saturated carbocycles. The van der Waals surface area contributed by atoms with Gasteiger partial charge in [-0.2, -0.15) is 0 Å². The molecule has 0 aliphatic carbocycles. The lowest BCUT2D eigenvalue weighted by Crippen LogP contribution is -2.18. The Labute approximate surface area is 235 Å². The summed E-state index contributed by atoms with van der Waals surface area (Å²) in [5, 5.41) is 0.759. The number of halogens is 2. The van der Waals surface area contributed by atoms with E-state index in [1.807, 2.05) is 18.2 Å². The quantitative estimate of drug-likeness (QED) is 0.0769. The Morgan fingerprint density at radius 1 is 0.950 bits per heavy atom. The topological polar surface area (TPSA) is 65.7 Å². The van der Waals surface area contributed by atoms with E-state index >= 15 is 0 Å². The molecule has 0 spiro atoms. The Kier molecular flexibility index (Phi) is 11.5. The van der Waals surface area contributed by atoms with Gasteiger partial charge in [0, 0.05) is 29.9 Å². The molecule has 40 heavy (non-hydrogen) atoms. The molecule has 0 saturated heterocycles. The molecule has 0 N–H and O–H groups in total. The SMILES string of the molecule is C=C(C)C(=O)OCCCC(F)(F)CCCOc1ccc2cc(-c3ccc(CCCCC)cc3CC)c(=O)oc2c1. The number of unbranched alkanes of at least 4 members (excludes halogenated alkanes) is 2. The van der Waals surface area contributed by atoms with Gasteiger partial charge in [-0.15, -0.1) is 0 Å². The lowest BCUT2D eigenvalue weighted by Gasteiger charge is -2.16. The maximum absolute atomic E-state index is 14.1. The van der Waals surface area contributed by atoms with Gasteiger partial charge in [-0.1, -0.05) is 51.5 Å². The van der Waals surface area contributed by atoms with Crippen LogP contribution in [0.15, 0.2) is 63.8 Å². The average Bonchev–Trinajstić information content (AvgIpc) is 2.93. The highest BCUT2D eigenvalue weighted by Gasteiger charge is 2.27. The van der Waals surface area contributed by atoms with E-state index in [0.717, 1.165) is 35.8 Å². The number of esters is 1. The Balaban J connectivity index is 1.58. The molecule has 5 nitrogen and oxygen atoms in total. The molecule has 3 rings (SSSR count). The lowest BCUT2D eigenvalue weighted by molar-refractivity contribution is -0.139. The molecule has 0 aliphatic rings. The fourth-order valence-corrected chi connectivity index (χ4v) is 4.57. The molecule has 1 aromatic heterocycles. The molecular weight excluding hydrogens is 514 g/mol. The van der Waals surface area contributed by atoms with E-state index in [1.165, 1.54) is 25.3 Å². The van der Waals surface area contributed by atoms with Crippen molar-refractivity contribution in [3.05, 3.63) is 76.2 Å². The summed E-state index contributed by atoms with van der Waals surface area (Å²) in [6.45, 7) is 9.27. The van der Waals surface area contributed by atoms with Crippen molar-refractivity contribution in [1.29, 1.82) is 0 Å². The van der Waals surface area contributed by atoms with Crippen LogP contribution in [0, 0.1) is 0 Å². The van der Waals surface area contributed by atoms with Crippen LogP contribution < -0.4 is 10.4 Å². The zero-order valence-electron chi connectivity index (χ0n) is 23.8. The summed E-state index contributed by atoms with van der Waals surface area (Å²) in [6, 6.07) is 13.3. The van der Waals surface area contributed by atoms with Crippen LogP contribution in [-0.4, -0.2) is 25.1 Å². The number of hydrogen-bond donors (Lipinski definition) is 0. The molecule has 0 atom stereocenters. The summed E-state index contributed by atoms with van der Waals surface area (Å²) in [7, 11) is 0. The van der Waals surface area contributed by atoms with Crippen molar-refractivity contribution in [2.45, 2.75) is 84.5 Å². The number of hydrogen-bond acceptors (Lipinski definition) is 5. The first-order chi connectivity index (χ1) is 19.1. The summed E-state index contributed by atoms with van der Waals surface area (Å²) < 4.78 is 44.5. The average molecular weight is 555 g/mol. The monoisotopic (exact) mass is 554 g/mol. The Morgan fingerprint density at radius 2 is 1.70 bits per heavy atom. The van der Waals surface area contributed by atoms with Gasteiger partial charge in [0.1, 0.15) is 11.3 Å². The normalized spacial score (nSPS) is 11.5. The second-order valence-corrected chi connectivity index (χ2v) is 10.3. The lowest BCUT2D eigenvalue weighted by atomic mass is 9.94. The summed E-state index contributed by atoms with van der Waals surface area (Å²) in [4.78, 5) is 24.3. The molecule has 0 radical (unpaired) electrons. The number of rotatable bonds is 16. The van der Waals surface area contributed by atoms with E-state index in [4.69, 9.17) is 13.9 Å². The molecule has 0 aliphatic heterocycles. The van der Waals surface area contributed by atoms with Crippen LogP contribution in [0.25, 0.3) is 22.1 Å². The summed E-state index contributed by atoms with van der Waals surface area (Å²) >= 11 is 0. The van der Waals surface area contributed by atoms with Gasteiger partial charge in [0.15, 0.2) is 0 Å². The minimum atomic E-state index is -2.88. The molecule has 0 fully saturated rings. The molecule has 216 valence electrons. The number of carbonyl (C=O) groups excluding carboxylic acids is 1. The van der Waals surface area contributed by atoms with Gasteiger partial charge in [-0.05, 0) is 73.9 Å². The van der Waals surface area contributed by atoms with E-state index in [9.17, 15) is 18.4 Å². The van der Waals surface area contributed by atoms with Crippen LogP contribution in [0.5, 0.6) is 5.75 Å². The molecule has 0 bridgehead atoms. The van der Waals surface area contributed by atoms with Gasteiger partial charge in [-0.25, -0.2) is 18.4 Å². The fourth-order valence-electron chi connectivity index (χ4n) is 4.57. The second-order valence-electron chi connectivity index (χ2n) is 10.3. The van der Waals surface area contributed by atoms with Crippen LogP contribution in [0.2, 0.25) is 0 Å². The summed E-state index contributed by atoms with van der Waals surface area (Å²) in [6.07, 6.45) is 4.87. The van der Waals surface area contributed by atoms with E-state index < -0.39 is 17.5 Å². The number of ether oxygens (including phenoxy) is 2. The first-order valence-electron chi connectivity index (χ1n) is 14.2. The summed E-state index contributed by atoms with van der Waals surface area (Å²) in [5.41, 5.74) is 4.00. The molecule has 3 aromatic rings. The standard InChI is InChI=1S/C33H40F2O5/c1-5-7-8-11-24-12-15-28(25(6-2)20-24)29-21-26-13-14-27(22-30(26)40-32(29)37)38-18-9-16-33(34,35)17-10-19-39-31(36)23(3)4/h12-15,20-22H,3,5-11,16-19H2,1-2,4H3. The molecule has 7 heteroatoms. The van der Waals surface area contributed by atoms with Crippen molar-refractivity contribution in [2.24, 2.45) is 0 Å². The van der Waals surface area contributed by atoms with Crippen LogP contribution in [0.1, 0.15) is 76.8 Å². The zero-order valence-corrected chi connectivity index (χ0v) is 23.8. The van der Waals surface area contributed by atoms with Crippen LogP contribution in [0.3, 0.4) is 0 Å². The highest BCUT2D eigenvalue weighted by atomic mass is 19.3. The highest BCUT2D eigenvalue weighted by molar-refractivity contribution is 5.87. The van der Waals surface area contributed by atoms with E-state index in [-0.39, 0.29) is 44.5 Å². The Morgan fingerprint density at radius 3 is 2.40 bits per heavy atom. The maximum Gasteiger partial charge on any atom is 0.344 e. The van der Waals surface area contributed by atoms with Crippen LogP contribution in [0.4, 0.5) is 8.78 Å². The van der Waals surface area contributed by atoms with Crippen molar-refractivity contribution in [3.8, 4) is 16.9 Å². The van der Waals surface area contributed by atoms with Crippen molar-refractivity contribution < 1.29 is 27.5 Å². The number of aryl methyl sites for hydroxylation is 2. The predicted octanol–water partition coefficient (Wildman–Crippen LogP) is 8.45. The number of alkyl halides is 2.